The molecule has 0 aliphatic carbocycles. The summed E-state index contributed by atoms with van der Waals surface area (Å²) in [6.07, 6.45) is 0. The number of methoxy groups -OCH3 is 1. The third kappa shape index (κ3) is 5.06. The minimum Gasteiger partial charge on any atom is -0.497 e. The summed E-state index contributed by atoms with van der Waals surface area (Å²) in [7, 11) is 1.59. The summed E-state index contributed by atoms with van der Waals surface area (Å²) in [5.41, 5.74) is 3.64. The maximum Gasteiger partial charge on any atom is 0.251 e. The van der Waals surface area contributed by atoms with Crippen molar-refractivity contribution in [3.05, 3.63) is 89.7 Å². The Bertz CT molecular complexity index is 1280. The number of rotatable bonds is 9. The molecule has 1 unspecified atom stereocenters. The number of aromatic nitrogens is 2. The van der Waals surface area contributed by atoms with Gasteiger partial charge in [0.1, 0.15) is 23.9 Å². The molecule has 0 saturated carbocycles. The zero-order chi connectivity index (χ0) is 24.1. The van der Waals surface area contributed by atoms with Crippen LogP contribution >= 0.6 is 0 Å². The lowest BCUT2D eigenvalue weighted by molar-refractivity contribution is 0.0937. The van der Waals surface area contributed by atoms with E-state index in [0.29, 0.717) is 30.4 Å². The van der Waals surface area contributed by atoms with E-state index < -0.39 is 0 Å². The molecule has 0 radical (unpaired) electrons. The van der Waals surface area contributed by atoms with Gasteiger partial charge < -0.3 is 19.4 Å². The van der Waals surface area contributed by atoms with E-state index in [1.807, 2.05) is 55.5 Å². The minimum absolute atomic E-state index is 0.174. The molecule has 0 fully saturated rings. The number of nitrogens with zero attached hydrogens (tertiary/aromatic N) is 2. The Kier molecular flexibility index (Phi) is 7.16. The summed E-state index contributed by atoms with van der Waals surface area (Å²) >= 11 is 0. The van der Waals surface area contributed by atoms with E-state index >= 15 is 0 Å². The molecule has 6 nitrogen and oxygen atoms in total. The SMILES string of the molecule is COc1cccc(C(=O)NC(C)c2nc3ccccc3n2CCOc2ccccc2C(C)C)c1. The number of carbonyl (C=O) groups excluding carboxylic acids is 1. The van der Waals surface area contributed by atoms with Crippen LogP contribution in [0, 0.1) is 0 Å². The zero-order valence-corrected chi connectivity index (χ0v) is 20.1. The van der Waals surface area contributed by atoms with E-state index in [1.54, 1.807) is 25.3 Å². The average Bonchev–Trinajstić information content (AvgIpc) is 3.23. The number of hydrogen-bond acceptors (Lipinski definition) is 4. The Labute approximate surface area is 200 Å². The first kappa shape index (κ1) is 23.4. The number of carbonyl (C=O) groups is 1. The number of benzene rings is 3. The van der Waals surface area contributed by atoms with Gasteiger partial charge in [0.25, 0.3) is 5.91 Å². The zero-order valence-electron chi connectivity index (χ0n) is 20.1. The van der Waals surface area contributed by atoms with Gasteiger partial charge in [-0.05, 0) is 54.8 Å². The summed E-state index contributed by atoms with van der Waals surface area (Å²) < 4.78 is 13.6. The van der Waals surface area contributed by atoms with Crippen LogP contribution in [0.2, 0.25) is 0 Å². The lowest BCUT2D eigenvalue weighted by atomic mass is 10.0. The molecule has 6 heteroatoms. The molecule has 1 aromatic heterocycles. The number of amides is 1. The third-order valence-corrected chi connectivity index (χ3v) is 5.86. The second kappa shape index (κ2) is 10.4. The highest BCUT2D eigenvalue weighted by atomic mass is 16.5. The first-order chi connectivity index (χ1) is 16.5. The normalized spacial score (nSPS) is 12.0. The van der Waals surface area contributed by atoms with Gasteiger partial charge in [0.2, 0.25) is 0 Å². The fourth-order valence-corrected chi connectivity index (χ4v) is 4.10. The lowest BCUT2D eigenvalue weighted by Gasteiger charge is -2.18. The molecular weight excluding hydrogens is 426 g/mol. The van der Waals surface area contributed by atoms with Gasteiger partial charge in [0, 0.05) is 5.56 Å². The van der Waals surface area contributed by atoms with Crippen LogP contribution in [0.1, 0.15) is 54.5 Å². The molecule has 0 saturated heterocycles. The molecule has 0 spiro atoms. The van der Waals surface area contributed by atoms with E-state index in [2.05, 4.69) is 29.8 Å². The maximum atomic E-state index is 12.9. The summed E-state index contributed by atoms with van der Waals surface area (Å²) in [4.78, 5) is 17.7. The molecule has 4 rings (SSSR count). The molecular formula is C28H31N3O3. The molecule has 1 heterocycles. The molecule has 3 aromatic carbocycles. The minimum atomic E-state index is -0.297. The van der Waals surface area contributed by atoms with Crippen LogP contribution in [0.15, 0.2) is 72.8 Å². The summed E-state index contributed by atoms with van der Waals surface area (Å²) in [5, 5.41) is 3.08. The molecule has 1 atom stereocenters. The van der Waals surface area contributed by atoms with Crippen LogP contribution in [0.4, 0.5) is 0 Å². The van der Waals surface area contributed by atoms with Crippen molar-refractivity contribution in [2.75, 3.05) is 13.7 Å². The number of ether oxygens (including phenoxy) is 2. The number of para-hydroxylation sites is 3. The number of imidazole rings is 1. The van der Waals surface area contributed by atoms with Crippen LogP contribution in [0.3, 0.4) is 0 Å². The van der Waals surface area contributed by atoms with Crippen LogP contribution in [-0.2, 0) is 6.54 Å². The second-order valence-corrected chi connectivity index (χ2v) is 8.58. The van der Waals surface area contributed by atoms with Gasteiger partial charge in [-0.15, -0.1) is 0 Å². The summed E-state index contributed by atoms with van der Waals surface area (Å²) in [6.45, 7) is 7.38. The highest BCUT2D eigenvalue weighted by Gasteiger charge is 2.19. The van der Waals surface area contributed by atoms with Crippen molar-refractivity contribution in [1.29, 1.82) is 0 Å². The first-order valence-electron chi connectivity index (χ1n) is 11.6. The predicted octanol–water partition coefficient (Wildman–Crippen LogP) is 5.74. The van der Waals surface area contributed by atoms with Gasteiger partial charge in [0.05, 0.1) is 30.7 Å². The second-order valence-electron chi connectivity index (χ2n) is 8.58. The van der Waals surface area contributed by atoms with Gasteiger partial charge in [-0.3, -0.25) is 4.79 Å². The van der Waals surface area contributed by atoms with Gasteiger partial charge in [-0.25, -0.2) is 4.98 Å². The van der Waals surface area contributed by atoms with E-state index in [0.717, 1.165) is 22.6 Å². The Hall–Kier alpha value is -3.80. The fourth-order valence-electron chi connectivity index (χ4n) is 4.10. The monoisotopic (exact) mass is 457 g/mol. The van der Waals surface area contributed by atoms with E-state index in [9.17, 15) is 4.79 Å². The third-order valence-electron chi connectivity index (χ3n) is 5.86. The molecule has 4 aromatic rings. The molecule has 0 aliphatic rings. The Morgan fingerprint density at radius 3 is 2.56 bits per heavy atom. The van der Waals surface area contributed by atoms with Crippen LogP contribution in [0.25, 0.3) is 11.0 Å². The van der Waals surface area contributed by atoms with E-state index in [1.165, 1.54) is 5.56 Å². The largest absolute Gasteiger partial charge is 0.497 e. The maximum absolute atomic E-state index is 12.9. The average molecular weight is 458 g/mol. The molecule has 176 valence electrons. The van der Waals surface area contributed by atoms with Crippen LogP contribution in [0.5, 0.6) is 11.5 Å². The van der Waals surface area contributed by atoms with Gasteiger partial charge >= 0.3 is 0 Å². The number of nitrogens with one attached hydrogen (secondary N) is 1. The van der Waals surface area contributed by atoms with Gasteiger partial charge in [-0.1, -0.05) is 50.2 Å². The molecule has 0 bridgehead atoms. The van der Waals surface area contributed by atoms with Crippen molar-refractivity contribution >= 4 is 16.9 Å². The first-order valence-corrected chi connectivity index (χ1v) is 11.6. The number of fused-ring (bicyclic) bond motifs is 1. The van der Waals surface area contributed by atoms with Crippen molar-refractivity contribution in [2.24, 2.45) is 0 Å². The van der Waals surface area contributed by atoms with Crippen molar-refractivity contribution in [3.63, 3.8) is 0 Å². The lowest BCUT2D eigenvalue weighted by Crippen LogP contribution is -2.29. The topological polar surface area (TPSA) is 65.4 Å². The highest BCUT2D eigenvalue weighted by molar-refractivity contribution is 5.94. The van der Waals surface area contributed by atoms with Gasteiger partial charge in [-0.2, -0.15) is 0 Å². The van der Waals surface area contributed by atoms with Crippen LogP contribution < -0.4 is 14.8 Å². The van der Waals surface area contributed by atoms with Gasteiger partial charge in [0.15, 0.2) is 0 Å². The number of hydrogen-bond donors (Lipinski definition) is 1. The Balaban J connectivity index is 1.54. The van der Waals surface area contributed by atoms with Crippen molar-refractivity contribution < 1.29 is 14.3 Å². The predicted molar refractivity (Wildman–Crippen MR) is 135 cm³/mol. The standard InChI is InChI=1S/C28H31N3O3/c1-19(2)23-12-5-8-15-26(23)34-17-16-31-25-14-7-6-13-24(25)30-27(31)20(3)29-28(32)21-10-9-11-22(18-21)33-4/h5-15,18-20H,16-17H2,1-4H3,(H,29,32). The van der Waals surface area contributed by atoms with E-state index in [4.69, 9.17) is 14.5 Å². The quantitative estimate of drug-likeness (QED) is 0.348. The van der Waals surface area contributed by atoms with Crippen molar-refractivity contribution in [2.45, 2.75) is 39.3 Å². The fraction of sp³-hybridized carbons (Fsp3) is 0.286. The molecule has 1 N–H and O–H groups in total. The Morgan fingerprint density at radius 2 is 1.76 bits per heavy atom. The summed E-state index contributed by atoms with van der Waals surface area (Å²) in [6, 6.07) is 23.0. The smallest absolute Gasteiger partial charge is 0.251 e. The summed E-state index contributed by atoms with van der Waals surface area (Å²) in [5.74, 6) is 2.55. The molecule has 34 heavy (non-hydrogen) atoms. The molecule has 1 amide bonds. The van der Waals surface area contributed by atoms with Crippen LogP contribution in [-0.4, -0.2) is 29.2 Å². The van der Waals surface area contributed by atoms with Crippen molar-refractivity contribution in [3.8, 4) is 11.5 Å². The highest BCUT2D eigenvalue weighted by Crippen LogP contribution is 2.26. The van der Waals surface area contributed by atoms with E-state index in [-0.39, 0.29) is 11.9 Å². The Morgan fingerprint density at radius 1 is 1.00 bits per heavy atom. The van der Waals surface area contributed by atoms with Crippen molar-refractivity contribution in [1.82, 2.24) is 14.9 Å². The molecule has 0 aliphatic heterocycles.